The van der Waals surface area contributed by atoms with Crippen LogP contribution in [0.5, 0.6) is 0 Å². The normalized spacial score (nSPS) is 15.5. The first-order valence-electron chi connectivity index (χ1n) is 9.75. The number of hydrogen-bond donors (Lipinski definition) is 0. The quantitative estimate of drug-likeness (QED) is 0.364. The molecule has 0 fully saturated rings. The van der Waals surface area contributed by atoms with Gasteiger partial charge in [-0.2, -0.15) is 0 Å². The van der Waals surface area contributed by atoms with E-state index < -0.39 is 0 Å². The molecule has 24 heavy (non-hydrogen) atoms. The van der Waals surface area contributed by atoms with E-state index in [1.807, 2.05) is 0 Å². The van der Waals surface area contributed by atoms with Gasteiger partial charge in [0.15, 0.2) is 0 Å². The van der Waals surface area contributed by atoms with Crippen molar-refractivity contribution in [3.63, 3.8) is 0 Å². The van der Waals surface area contributed by atoms with Gasteiger partial charge in [0.1, 0.15) is 12.2 Å². The van der Waals surface area contributed by atoms with Gasteiger partial charge in [-0.3, -0.25) is 0 Å². The molecule has 4 heteroatoms. The van der Waals surface area contributed by atoms with Crippen molar-refractivity contribution < 1.29 is 9.78 Å². The van der Waals surface area contributed by atoms with Crippen LogP contribution in [0.2, 0.25) is 0 Å². The van der Waals surface area contributed by atoms with Crippen molar-refractivity contribution in [2.75, 3.05) is 27.2 Å². The minimum absolute atomic E-state index is 0.122. The molecule has 0 saturated heterocycles. The minimum atomic E-state index is 0.122. The maximum Gasteiger partial charge on any atom is 0.106 e. The molecule has 146 valence electrons. The Morgan fingerprint density at radius 2 is 0.875 bits per heavy atom. The summed E-state index contributed by atoms with van der Waals surface area (Å²) in [5.74, 6) is 1.20. The molecule has 0 radical (unpaired) electrons. The second-order valence-electron chi connectivity index (χ2n) is 8.76. The standard InChI is InChI=1S/C20H44N2O2/c1-15(2)11-19(13-21(9)17(5)6)23-24-20(12-16(3)4)14-22(10)18(7)8/h15-20H,11-14H2,1-10H3. The van der Waals surface area contributed by atoms with Crippen molar-refractivity contribution in [3.8, 4) is 0 Å². The van der Waals surface area contributed by atoms with E-state index in [-0.39, 0.29) is 12.2 Å². The molecule has 0 heterocycles. The van der Waals surface area contributed by atoms with Gasteiger partial charge in [0.25, 0.3) is 0 Å². The average Bonchev–Trinajstić information content (AvgIpc) is 2.42. The van der Waals surface area contributed by atoms with Gasteiger partial charge < -0.3 is 9.80 Å². The second-order valence-corrected chi connectivity index (χ2v) is 8.76. The lowest BCUT2D eigenvalue weighted by Crippen LogP contribution is -2.39. The Labute approximate surface area is 151 Å². The molecule has 0 saturated carbocycles. The zero-order valence-corrected chi connectivity index (χ0v) is 18.0. The van der Waals surface area contributed by atoms with E-state index in [2.05, 4.69) is 79.3 Å². The zero-order valence-electron chi connectivity index (χ0n) is 18.0. The molecule has 0 aromatic heterocycles. The second kappa shape index (κ2) is 12.2. The van der Waals surface area contributed by atoms with Gasteiger partial charge in [-0.25, -0.2) is 9.78 Å². The molecule has 0 aliphatic rings. The van der Waals surface area contributed by atoms with Gasteiger partial charge >= 0.3 is 0 Å². The monoisotopic (exact) mass is 344 g/mol. The summed E-state index contributed by atoms with van der Waals surface area (Å²) in [6, 6.07) is 1.03. The van der Waals surface area contributed by atoms with E-state index in [0.29, 0.717) is 23.9 Å². The smallest absolute Gasteiger partial charge is 0.106 e. The van der Waals surface area contributed by atoms with Gasteiger partial charge in [-0.05, 0) is 66.5 Å². The van der Waals surface area contributed by atoms with Crippen LogP contribution in [0, 0.1) is 11.8 Å². The molecule has 0 bridgehead atoms. The van der Waals surface area contributed by atoms with E-state index >= 15 is 0 Å². The fraction of sp³-hybridized carbons (Fsp3) is 1.00. The molecule has 0 N–H and O–H groups in total. The van der Waals surface area contributed by atoms with Crippen molar-refractivity contribution in [3.05, 3.63) is 0 Å². The summed E-state index contributed by atoms with van der Waals surface area (Å²) in [4.78, 5) is 16.6. The molecule has 0 aromatic rings. The molecule has 4 nitrogen and oxygen atoms in total. The third-order valence-electron chi connectivity index (χ3n) is 4.54. The largest absolute Gasteiger partial charge is 0.301 e. The van der Waals surface area contributed by atoms with Crippen molar-refractivity contribution in [1.29, 1.82) is 0 Å². The van der Waals surface area contributed by atoms with Crippen LogP contribution in [-0.2, 0) is 9.78 Å². The highest BCUT2D eigenvalue weighted by Crippen LogP contribution is 2.16. The van der Waals surface area contributed by atoms with Crippen LogP contribution >= 0.6 is 0 Å². The topological polar surface area (TPSA) is 24.9 Å². The Morgan fingerprint density at radius 1 is 0.583 bits per heavy atom. The zero-order chi connectivity index (χ0) is 18.9. The van der Waals surface area contributed by atoms with Gasteiger partial charge in [-0.1, -0.05) is 27.7 Å². The maximum atomic E-state index is 5.95. The van der Waals surface area contributed by atoms with Gasteiger partial charge in [0.2, 0.25) is 0 Å². The van der Waals surface area contributed by atoms with Crippen molar-refractivity contribution >= 4 is 0 Å². The van der Waals surface area contributed by atoms with Gasteiger partial charge in [-0.15, -0.1) is 0 Å². The number of hydrogen-bond acceptors (Lipinski definition) is 4. The lowest BCUT2D eigenvalue weighted by Gasteiger charge is -2.31. The summed E-state index contributed by atoms with van der Waals surface area (Å²) >= 11 is 0. The van der Waals surface area contributed by atoms with Crippen LogP contribution in [0.3, 0.4) is 0 Å². The Balaban J connectivity index is 4.69. The highest BCUT2D eigenvalue weighted by molar-refractivity contribution is 4.69. The van der Waals surface area contributed by atoms with Gasteiger partial charge in [0, 0.05) is 25.2 Å². The first kappa shape index (κ1) is 23.8. The van der Waals surface area contributed by atoms with Crippen LogP contribution in [0.15, 0.2) is 0 Å². The van der Waals surface area contributed by atoms with Crippen LogP contribution in [0.1, 0.15) is 68.2 Å². The maximum absolute atomic E-state index is 5.95. The third kappa shape index (κ3) is 11.4. The molecule has 0 amide bonds. The van der Waals surface area contributed by atoms with E-state index in [1.54, 1.807) is 0 Å². The number of rotatable bonds is 13. The Morgan fingerprint density at radius 3 is 1.08 bits per heavy atom. The molecular weight excluding hydrogens is 300 g/mol. The Bertz CT molecular complexity index is 276. The Hall–Kier alpha value is -0.160. The summed E-state index contributed by atoms with van der Waals surface area (Å²) in [5, 5.41) is 0. The average molecular weight is 345 g/mol. The van der Waals surface area contributed by atoms with E-state index in [9.17, 15) is 0 Å². The van der Waals surface area contributed by atoms with Crippen LogP contribution in [0.25, 0.3) is 0 Å². The summed E-state index contributed by atoms with van der Waals surface area (Å²) in [6.07, 6.45) is 2.28. The van der Waals surface area contributed by atoms with E-state index in [0.717, 1.165) is 25.9 Å². The van der Waals surface area contributed by atoms with Gasteiger partial charge in [0.05, 0.1) is 0 Å². The highest BCUT2D eigenvalue weighted by atomic mass is 17.2. The number of nitrogens with zero attached hydrogens (tertiary/aromatic N) is 2. The first-order valence-corrected chi connectivity index (χ1v) is 9.75. The molecule has 2 unspecified atom stereocenters. The predicted molar refractivity (Wildman–Crippen MR) is 104 cm³/mol. The predicted octanol–water partition coefficient (Wildman–Crippen LogP) is 4.44. The molecule has 0 aliphatic carbocycles. The fourth-order valence-electron chi connectivity index (χ4n) is 2.56. The third-order valence-corrected chi connectivity index (χ3v) is 4.54. The van der Waals surface area contributed by atoms with Crippen LogP contribution in [0.4, 0.5) is 0 Å². The fourth-order valence-corrected chi connectivity index (χ4v) is 2.56. The molecular formula is C20H44N2O2. The molecule has 2 atom stereocenters. The SMILES string of the molecule is CC(C)CC(CN(C)C(C)C)OOC(CC(C)C)CN(C)C(C)C. The van der Waals surface area contributed by atoms with Crippen LogP contribution < -0.4 is 0 Å². The first-order chi connectivity index (χ1) is 11.0. The lowest BCUT2D eigenvalue weighted by molar-refractivity contribution is -0.357. The summed E-state index contributed by atoms with van der Waals surface area (Å²) in [7, 11) is 4.30. The Kier molecular flexibility index (Phi) is 12.2. The van der Waals surface area contributed by atoms with Crippen LogP contribution in [-0.4, -0.2) is 61.3 Å². The summed E-state index contributed by atoms with van der Waals surface area (Å²) in [6.45, 7) is 19.6. The van der Waals surface area contributed by atoms with Crippen molar-refractivity contribution in [1.82, 2.24) is 9.80 Å². The van der Waals surface area contributed by atoms with E-state index in [4.69, 9.17) is 9.78 Å². The van der Waals surface area contributed by atoms with Crippen molar-refractivity contribution in [2.45, 2.75) is 92.5 Å². The summed E-state index contributed by atoms with van der Waals surface area (Å²) < 4.78 is 0. The minimum Gasteiger partial charge on any atom is -0.301 e. The lowest BCUT2D eigenvalue weighted by atomic mass is 10.1. The number of likely N-dealkylation sites (N-methyl/N-ethyl adjacent to an activating group) is 2. The van der Waals surface area contributed by atoms with E-state index in [1.165, 1.54) is 0 Å². The molecule has 0 rings (SSSR count). The summed E-state index contributed by atoms with van der Waals surface area (Å²) in [5.41, 5.74) is 0. The molecule has 0 aromatic carbocycles. The van der Waals surface area contributed by atoms with Crippen molar-refractivity contribution in [2.24, 2.45) is 11.8 Å². The molecule has 0 spiro atoms. The molecule has 0 aliphatic heterocycles. The highest BCUT2D eigenvalue weighted by Gasteiger charge is 2.21.